The largest absolute Gasteiger partial charge is 0.508 e. The molecule has 2 unspecified atom stereocenters. The van der Waals surface area contributed by atoms with E-state index < -0.39 is 0 Å². The maximum Gasteiger partial charge on any atom is 0.261 e. The molecule has 0 amide bonds. The predicted octanol–water partition coefficient (Wildman–Crippen LogP) is 2.27. The minimum absolute atomic E-state index is 0.0156. The van der Waals surface area contributed by atoms with E-state index in [1.807, 2.05) is 0 Å². The molecule has 3 rings (SSSR count). The fourth-order valence-corrected chi connectivity index (χ4v) is 1.87. The van der Waals surface area contributed by atoms with E-state index >= 15 is 0 Å². The highest BCUT2D eigenvalue weighted by Crippen LogP contribution is 2.46. The molecule has 5 heteroatoms. The van der Waals surface area contributed by atoms with E-state index in [4.69, 9.17) is 4.52 Å². The molecular formula is C12H12N2O3. The van der Waals surface area contributed by atoms with Gasteiger partial charge in [0.1, 0.15) is 11.5 Å². The summed E-state index contributed by atoms with van der Waals surface area (Å²) in [5.74, 6) is 1.95. The first-order chi connectivity index (χ1) is 8.15. The molecule has 0 radical (unpaired) electrons. The molecule has 2 aromatic rings. The summed E-state index contributed by atoms with van der Waals surface area (Å²) in [7, 11) is 0. The van der Waals surface area contributed by atoms with Gasteiger partial charge in [0.2, 0.25) is 0 Å². The van der Waals surface area contributed by atoms with Gasteiger partial charge in [0, 0.05) is 5.92 Å². The summed E-state index contributed by atoms with van der Waals surface area (Å²) < 4.78 is 5.10. The molecule has 5 nitrogen and oxygen atoms in total. The number of hydrogen-bond donors (Lipinski definition) is 2. The van der Waals surface area contributed by atoms with Crippen molar-refractivity contribution in [2.45, 2.75) is 19.3 Å². The Kier molecular flexibility index (Phi) is 2.07. The van der Waals surface area contributed by atoms with Crippen LogP contribution in [0.2, 0.25) is 0 Å². The van der Waals surface area contributed by atoms with Gasteiger partial charge in [-0.1, -0.05) is 12.1 Å². The second kappa shape index (κ2) is 3.48. The molecule has 0 bridgehead atoms. The van der Waals surface area contributed by atoms with Gasteiger partial charge < -0.3 is 14.7 Å². The Morgan fingerprint density at radius 3 is 2.82 bits per heavy atom. The average molecular weight is 232 g/mol. The number of hydrogen-bond acceptors (Lipinski definition) is 5. The number of nitrogens with zero attached hydrogens (tertiary/aromatic N) is 2. The second-order valence-corrected chi connectivity index (χ2v) is 4.48. The van der Waals surface area contributed by atoms with Crippen molar-refractivity contribution in [3.8, 4) is 23.0 Å². The Hall–Kier alpha value is -2.04. The maximum absolute atomic E-state index is 9.66. The quantitative estimate of drug-likeness (QED) is 0.776. The minimum Gasteiger partial charge on any atom is -0.508 e. The SMILES string of the molecule is CC1CC1c1noc(-c2cc(O)ccc2O)n1. The summed E-state index contributed by atoms with van der Waals surface area (Å²) in [4.78, 5) is 4.25. The molecule has 0 spiro atoms. The predicted molar refractivity (Wildman–Crippen MR) is 59.6 cm³/mol. The van der Waals surface area contributed by atoms with E-state index in [0.717, 1.165) is 6.42 Å². The number of benzene rings is 1. The molecule has 17 heavy (non-hydrogen) atoms. The van der Waals surface area contributed by atoms with Gasteiger partial charge in [-0.2, -0.15) is 4.98 Å². The lowest BCUT2D eigenvalue weighted by Crippen LogP contribution is -1.84. The van der Waals surface area contributed by atoms with E-state index in [1.165, 1.54) is 18.2 Å². The van der Waals surface area contributed by atoms with Gasteiger partial charge in [-0.15, -0.1) is 0 Å². The molecule has 2 N–H and O–H groups in total. The Balaban J connectivity index is 1.98. The summed E-state index contributed by atoms with van der Waals surface area (Å²) in [6.45, 7) is 2.13. The lowest BCUT2D eigenvalue weighted by atomic mass is 10.2. The molecule has 88 valence electrons. The third kappa shape index (κ3) is 1.73. The van der Waals surface area contributed by atoms with Gasteiger partial charge in [-0.3, -0.25) is 0 Å². The Labute approximate surface area is 97.7 Å². The van der Waals surface area contributed by atoms with E-state index in [1.54, 1.807) is 0 Å². The van der Waals surface area contributed by atoms with E-state index in [-0.39, 0.29) is 17.4 Å². The number of phenolic OH excluding ortho intramolecular Hbond substituents is 2. The summed E-state index contributed by atoms with van der Waals surface area (Å²) in [5, 5.41) is 22.9. The zero-order valence-corrected chi connectivity index (χ0v) is 9.29. The lowest BCUT2D eigenvalue weighted by Gasteiger charge is -1.99. The van der Waals surface area contributed by atoms with Crippen molar-refractivity contribution in [2.75, 3.05) is 0 Å². The van der Waals surface area contributed by atoms with Gasteiger partial charge in [0.15, 0.2) is 5.82 Å². The maximum atomic E-state index is 9.66. The normalized spacial score (nSPS) is 22.6. The summed E-state index contributed by atoms with van der Waals surface area (Å²) in [6.07, 6.45) is 1.07. The van der Waals surface area contributed by atoms with Crippen LogP contribution in [-0.4, -0.2) is 20.4 Å². The molecule has 0 aliphatic heterocycles. The summed E-state index contributed by atoms with van der Waals surface area (Å²) in [6, 6.07) is 4.20. The van der Waals surface area contributed by atoms with E-state index in [0.29, 0.717) is 23.2 Å². The smallest absolute Gasteiger partial charge is 0.261 e. The molecule has 0 saturated heterocycles. The Bertz CT molecular complexity index is 565. The molecule has 1 fully saturated rings. The third-order valence-corrected chi connectivity index (χ3v) is 3.09. The van der Waals surface area contributed by atoms with Crippen LogP contribution in [0.1, 0.15) is 25.1 Å². The van der Waals surface area contributed by atoms with Crippen LogP contribution in [0.15, 0.2) is 22.7 Å². The van der Waals surface area contributed by atoms with Crippen LogP contribution in [-0.2, 0) is 0 Å². The highest BCUT2D eigenvalue weighted by molar-refractivity contribution is 5.64. The van der Waals surface area contributed by atoms with Crippen molar-refractivity contribution in [1.82, 2.24) is 10.1 Å². The molecule has 1 aliphatic carbocycles. The Morgan fingerprint density at radius 2 is 2.12 bits per heavy atom. The van der Waals surface area contributed by atoms with Gasteiger partial charge in [-0.25, -0.2) is 0 Å². The van der Waals surface area contributed by atoms with Crippen molar-refractivity contribution in [1.29, 1.82) is 0 Å². The van der Waals surface area contributed by atoms with Gasteiger partial charge >= 0.3 is 0 Å². The molecule has 1 aromatic heterocycles. The average Bonchev–Trinajstić information content (AvgIpc) is 2.85. The second-order valence-electron chi connectivity index (χ2n) is 4.48. The Morgan fingerprint density at radius 1 is 1.35 bits per heavy atom. The number of aromatic hydroxyl groups is 2. The van der Waals surface area contributed by atoms with Gasteiger partial charge in [-0.05, 0) is 30.5 Å². The van der Waals surface area contributed by atoms with Crippen molar-refractivity contribution >= 4 is 0 Å². The molecular weight excluding hydrogens is 220 g/mol. The molecule has 1 aliphatic rings. The number of phenols is 2. The topological polar surface area (TPSA) is 79.4 Å². The zero-order chi connectivity index (χ0) is 12.0. The summed E-state index contributed by atoms with van der Waals surface area (Å²) in [5.41, 5.74) is 0.358. The van der Waals surface area contributed by atoms with Crippen LogP contribution in [0.3, 0.4) is 0 Å². The highest BCUT2D eigenvalue weighted by atomic mass is 16.5. The van der Waals surface area contributed by atoms with Crippen LogP contribution in [0, 0.1) is 5.92 Å². The van der Waals surface area contributed by atoms with Crippen molar-refractivity contribution in [3.05, 3.63) is 24.0 Å². The van der Waals surface area contributed by atoms with Gasteiger partial charge in [0.05, 0.1) is 5.56 Å². The first-order valence-corrected chi connectivity index (χ1v) is 5.51. The molecule has 1 aromatic carbocycles. The fraction of sp³-hybridized carbons (Fsp3) is 0.333. The van der Waals surface area contributed by atoms with Crippen LogP contribution in [0.25, 0.3) is 11.5 Å². The standard InChI is InChI=1S/C12H12N2O3/c1-6-4-8(6)11-13-12(17-14-11)9-5-7(15)2-3-10(9)16/h2-3,5-6,8,15-16H,4H2,1H3. The molecule has 1 saturated carbocycles. The first-order valence-electron chi connectivity index (χ1n) is 5.51. The van der Waals surface area contributed by atoms with E-state index in [2.05, 4.69) is 17.1 Å². The zero-order valence-electron chi connectivity index (χ0n) is 9.29. The monoisotopic (exact) mass is 232 g/mol. The first kappa shape index (κ1) is 10.1. The van der Waals surface area contributed by atoms with Crippen molar-refractivity contribution < 1.29 is 14.7 Å². The van der Waals surface area contributed by atoms with Crippen molar-refractivity contribution in [3.63, 3.8) is 0 Å². The number of aromatic nitrogens is 2. The minimum atomic E-state index is 0.0156. The summed E-state index contributed by atoms with van der Waals surface area (Å²) >= 11 is 0. The van der Waals surface area contributed by atoms with Crippen LogP contribution in [0.5, 0.6) is 11.5 Å². The van der Waals surface area contributed by atoms with Crippen LogP contribution < -0.4 is 0 Å². The fourth-order valence-electron chi connectivity index (χ4n) is 1.87. The molecule has 2 atom stereocenters. The van der Waals surface area contributed by atoms with E-state index in [9.17, 15) is 10.2 Å². The van der Waals surface area contributed by atoms with Crippen LogP contribution >= 0.6 is 0 Å². The number of rotatable bonds is 2. The molecule has 1 heterocycles. The lowest BCUT2D eigenvalue weighted by molar-refractivity contribution is 0.415. The highest BCUT2D eigenvalue weighted by Gasteiger charge is 2.38. The van der Waals surface area contributed by atoms with Crippen molar-refractivity contribution in [2.24, 2.45) is 5.92 Å². The third-order valence-electron chi connectivity index (χ3n) is 3.09. The van der Waals surface area contributed by atoms with Gasteiger partial charge in [0.25, 0.3) is 5.89 Å². The van der Waals surface area contributed by atoms with Crippen LogP contribution in [0.4, 0.5) is 0 Å².